The number of rotatable bonds is 8. The molecule has 0 bridgehead atoms. The van der Waals surface area contributed by atoms with Gasteiger partial charge in [0.05, 0.1) is 16.5 Å². The molecule has 10 heteroatoms. The average Bonchev–Trinajstić information content (AvgIpc) is 2.98. The SMILES string of the molecule is O=C(Cn1c(CCc2cccc(F)c2F)nc(=O)c2ccccc21)NCc1ccc(-c2ccc(C(F)(F)F)cc2)cc1. The molecule has 214 valence electrons. The number of carbonyl (C=O) groups is 1. The van der Waals surface area contributed by atoms with Gasteiger partial charge in [0.25, 0.3) is 5.56 Å². The molecule has 0 saturated heterocycles. The van der Waals surface area contributed by atoms with Gasteiger partial charge in [-0.05, 0) is 59.0 Å². The molecule has 0 radical (unpaired) electrons. The van der Waals surface area contributed by atoms with Crippen molar-refractivity contribution in [2.45, 2.75) is 32.1 Å². The first-order valence-electron chi connectivity index (χ1n) is 13.0. The zero-order chi connectivity index (χ0) is 29.9. The van der Waals surface area contributed by atoms with Crippen LogP contribution >= 0.6 is 0 Å². The summed E-state index contributed by atoms with van der Waals surface area (Å²) in [5.74, 6) is -2.04. The van der Waals surface area contributed by atoms with Crippen molar-refractivity contribution in [2.75, 3.05) is 0 Å². The molecule has 1 aromatic heterocycles. The first kappa shape index (κ1) is 28.7. The number of aryl methyl sites for hydroxylation is 2. The van der Waals surface area contributed by atoms with E-state index < -0.39 is 28.9 Å². The van der Waals surface area contributed by atoms with Crippen LogP contribution in [0, 0.1) is 11.6 Å². The summed E-state index contributed by atoms with van der Waals surface area (Å²) in [5.41, 5.74) is 1.54. The number of halogens is 5. The summed E-state index contributed by atoms with van der Waals surface area (Å²) in [5, 5.41) is 3.15. The zero-order valence-corrected chi connectivity index (χ0v) is 22.1. The first-order chi connectivity index (χ1) is 20.1. The Hall–Kier alpha value is -4.86. The van der Waals surface area contributed by atoms with Crippen molar-refractivity contribution < 1.29 is 26.7 Å². The molecule has 0 fully saturated rings. The molecule has 1 amide bonds. The van der Waals surface area contributed by atoms with Gasteiger partial charge < -0.3 is 9.88 Å². The highest BCUT2D eigenvalue weighted by Gasteiger charge is 2.30. The van der Waals surface area contributed by atoms with Crippen LogP contribution in [0.1, 0.15) is 22.5 Å². The van der Waals surface area contributed by atoms with Crippen molar-refractivity contribution in [2.24, 2.45) is 0 Å². The van der Waals surface area contributed by atoms with Crippen molar-refractivity contribution in [3.8, 4) is 11.1 Å². The number of hydrogen-bond acceptors (Lipinski definition) is 3. The summed E-state index contributed by atoms with van der Waals surface area (Å²) < 4.78 is 68.0. The predicted octanol–water partition coefficient (Wildman–Crippen LogP) is 6.46. The Morgan fingerprint density at radius 2 is 1.48 bits per heavy atom. The van der Waals surface area contributed by atoms with Crippen LogP contribution in [0.5, 0.6) is 0 Å². The lowest BCUT2D eigenvalue weighted by molar-refractivity contribution is -0.137. The molecule has 5 aromatic rings. The van der Waals surface area contributed by atoms with E-state index in [0.29, 0.717) is 16.5 Å². The van der Waals surface area contributed by atoms with Gasteiger partial charge in [0.2, 0.25) is 5.91 Å². The number of carbonyl (C=O) groups excluding carboxylic acids is 1. The van der Waals surface area contributed by atoms with Crippen LogP contribution in [-0.4, -0.2) is 15.5 Å². The van der Waals surface area contributed by atoms with Gasteiger partial charge in [0, 0.05) is 13.0 Å². The topological polar surface area (TPSA) is 64.0 Å². The number of fused-ring (bicyclic) bond motifs is 1. The Labute approximate surface area is 237 Å². The molecule has 0 aliphatic heterocycles. The number of para-hydroxylation sites is 1. The van der Waals surface area contributed by atoms with E-state index in [2.05, 4.69) is 10.3 Å². The van der Waals surface area contributed by atoms with Crippen LogP contribution in [0.4, 0.5) is 22.0 Å². The second-order valence-electron chi connectivity index (χ2n) is 9.70. The summed E-state index contributed by atoms with van der Waals surface area (Å²) in [6.45, 7) is 0.0138. The van der Waals surface area contributed by atoms with Gasteiger partial charge in [-0.3, -0.25) is 9.59 Å². The number of benzene rings is 4. The number of aromatic nitrogens is 2. The predicted molar refractivity (Wildman–Crippen MR) is 148 cm³/mol. The highest BCUT2D eigenvalue weighted by Crippen LogP contribution is 2.31. The van der Waals surface area contributed by atoms with E-state index >= 15 is 0 Å². The van der Waals surface area contributed by atoms with E-state index in [-0.39, 0.29) is 43.2 Å². The summed E-state index contributed by atoms with van der Waals surface area (Å²) >= 11 is 0. The summed E-state index contributed by atoms with van der Waals surface area (Å²) in [7, 11) is 0. The average molecular weight is 578 g/mol. The largest absolute Gasteiger partial charge is 0.416 e. The van der Waals surface area contributed by atoms with Gasteiger partial charge >= 0.3 is 6.18 Å². The molecular formula is C32H24F5N3O2. The Balaban J connectivity index is 1.30. The highest BCUT2D eigenvalue weighted by molar-refractivity contribution is 5.82. The highest BCUT2D eigenvalue weighted by atomic mass is 19.4. The maximum atomic E-state index is 14.2. The third-order valence-corrected chi connectivity index (χ3v) is 6.91. The molecule has 0 atom stereocenters. The van der Waals surface area contributed by atoms with Gasteiger partial charge in [0.1, 0.15) is 12.4 Å². The van der Waals surface area contributed by atoms with Gasteiger partial charge in [0.15, 0.2) is 11.6 Å². The molecular weight excluding hydrogens is 553 g/mol. The van der Waals surface area contributed by atoms with Crippen LogP contribution in [0.3, 0.4) is 0 Å². The Bertz CT molecular complexity index is 1800. The number of nitrogens with one attached hydrogen (secondary N) is 1. The maximum Gasteiger partial charge on any atom is 0.416 e. The number of amides is 1. The quantitative estimate of drug-likeness (QED) is 0.215. The molecule has 42 heavy (non-hydrogen) atoms. The van der Waals surface area contributed by atoms with Crippen molar-refractivity contribution in [3.05, 3.63) is 135 Å². The molecule has 1 N–H and O–H groups in total. The molecule has 5 nitrogen and oxygen atoms in total. The molecule has 0 spiro atoms. The van der Waals surface area contributed by atoms with E-state index in [1.807, 2.05) is 0 Å². The Morgan fingerprint density at radius 1 is 0.810 bits per heavy atom. The zero-order valence-electron chi connectivity index (χ0n) is 22.1. The summed E-state index contributed by atoms with van der Waals surface area (Å²) in [6.07, 6.45) is -4.24. The molecule has 0 unspecified atom stereocenters. The molecule has 5 rings (SSSR count). The van der Waals surface area contributed by atoms with Crippen LogP contribution < -0.4 is 10.9 Å². The molecule has 0 aliphatic carbocycles. The second kappa shape index (κ2) is 11.9. The van der Waals surface area contributed by atoms with E-state index in [0.717, 1.165) is 29.3 Å². The lowest BCUT2D eigenvalue weighted by Crippen LogP contribution is -2.30. The fraction of sp³-hybridized carbons (Fsp3) is 0.156. The van der Waals surface area contributed by atoms with Gasteiger partial charge in [-0.15, -0.1) is 0 Å². The van der Waals surface area contributed by atoms with E-state index in [1.54, 1.807) is 53.1 Å². The standard InChI is InChI=1S/C32H24F5N3O2/c33-26-6-3-4-23(30(26)34)14-17-28-39-31(42)25-5-1-2-7-27(25)40(28)19-29(41)38-18-20-8-10-21(11-9-20)22-12-15-24(16-13-22)32(35,36)37/h1-13,15-16H,14,17-19H2,(H,38,41). The smallest absolute Gasteiger partial charge is 0.350 e. The molecule has 0 aliphatic rings. The normalized spacial score (nSPS) is 11.5. The molecule has 4 aromatic carbocycles. The fourth-order valence-corrected chi connectivity index (χ4v) is 4.69. The number of hydrogen-bond donors (Lipinski definition) is 1. The summed E-state index contributed by atoms with van der Waals surface area (Å²) in [4.78, 5) is 29.8. The van der Waals surface area contributed by atoms with Gasteiger partial charge in [-0.1, -0.05) is 60.7 Å². The minimum atomic E-state index is -4.40. The Morgan fingerprint density at radius 3 is 2.17 bits per heavy atom. The minimum Gasteiger partial charge on any atom is -0.350 e. The molecule has 0 saturated carbocycles. The van der Waals surface area contributed by atoms with Crippen LogP contribution in [0.25, 0.3) is 22.0 Å². The third kappa shape index (κ3) is 6.38. The minimum absolute atomic E-state index is 0.0707. The van der Waals surface area contributed by atoms with Crippen LogP contribution in [-0.2, 0) is 36.9 Å². The van der Waals surface area contributed by atoms with E-state index in [1.165, 1.54) is 24.3 Å². The molecule has 1 heterocycles. The second-order valence-corrected chi connectivity index (χ2v) is 9.70. The van der Waals surface area contributed by atoms with Crippen molar-refractivity contribution in [1.29, 1.82) is 0 Å². The third-order valence-electron chi connectivity index (χ3n) is 6.91. The maximum absolute atomic E-state index is 14.2. The monoisotopic (exact) mass is 577 g/mol. The van der Waals surface area contributed by atoms with Gasteiger partial charge in [-0.25, -0.2) is 8.78 Å². The lowest BCUT2D eigenvalue weighted by Gasteiger charge is -2.16. The van der Waals surface area contributed by atoms with E-state index in [9.17, 15) is 31.5 Å². The van der Waals surface area contributed by atoms with Crippen molar-refractivity contribution in [3.63, 3.8) is 0 Å². The number of nitrogens with zero attached hydrogens (tertiary/aromatic N) is 2. The van der Waals surface area contributed by atoms with Crippen molar-refractivity contribution in [1.82, 2.24) is 14.9 Å². The first-order valence-corrected chi connectivity index (χ1v) is 13.0. The van der Waals surface area contributed by atoms with E-state index in [4.69, 9.17) is 0 Å². The Kier molecular flexibility index (Phi) is 8.15. The lowest BCUT2D eigenvalue weighted by atomic mass is 10.0. The van der Waals surface area contributed by atoms with Crippen LogP contribution in [0.2, 0.25) is 0 Å². The van der Waals surface area contributed by atoms with Crippen molar-refractivity contribution >= 4 is 16.8 Å². The number of alkyl halides is 3. The summed E-state index contributed by atoms with van der Waals surface area (Å²) in [6, 6.07) is 22.5. The van der Waals surface area contributed by atoms with Gasteiger partial charge in [-0.2, -0.15) is 18.2 Å². The van der Waals surface area contributed by atoms with Crippen LogP contribution in [0.15, 0.2) is 95.8 Å². The fourth-order valence-electron chi connectivity index (χ4n) is 4.69.